The van der Waals surface area contributed by atoms with Crippen molar-refractivity contribution in [3.8, 4) is 0 Å². The van der Waals surface area contributed by atoms with Gasteiger partial charge in [0, 0.05) is 32.3 Å². The molecule has 0 radical (unpaired) electrons. The molecule has 1 N–H and O–H groups in total. The summed E-state index contributed by atoms with van der Waals surface area (Å²) >= 11 is 0. The first-order valence-electron chi connectivity index (χ1n) is 6.49. The van der Waals surface area contributed by atoms with Crippen molar-refractivity contribution in [2.45, 2.75) is 12.2 Å². The van der Waals surface area contributed by atoms with Crippen LogP contribution in [-0.4, -0.2) is 36.3 Å². The van der Waals surface area contributed by atoms with Crippen LogP contribution in [0, 0.1) is 0 Å². The summed E-state index contributed by atoms with van der Waals surface area (Å²) in [6.45, 7) is 0.266. The van der Waals surface area contributed by atoms with Gasteiger partial charge in [-0.05, 0) is 5.56 Å². The van der Waals surface area contributed by atoms with Crippen molar-refractivity contribution in [1.29, 1.82) is 0 Å². The Morgan fingerprint density at radius 3 is 2.57 bits per heavy atom. The summed E-state index contributed by atoms with van der Waals surface area (Å²) in [5, 5.41) is 0. The third kappa shape index (κ3) is 4.51. The monoisotopic (exact) mass is 307 g/mol. The predicted molar refractivity (Wildman–Crippen MR) is 80.3 cm³/mol. The Kier molecular flexibility index (Phi) is 4.87. The lowest BCUT2D eigenvalue weighted by molar-refractivity contribution is 0.468. The van der Waals surface area contributed by atoms with Crippen LogP contribution >= 0.6 is 0 Å². The van der Waals surface area contributed by atoms with Gasteiger partial charge in [0.25, 0.3) is 5.56 Å². The highest BCUT2D eigenvalue weighted by molar-refractivity contribution is 7.88. The van der Waals surface area contributed by atoms with E-state index in [9.17, 15) is 13.2 Å². The lowest BCUT2D eigenvalue weighted by Crippen LogP contribution is -2.30. The maximum Gasteiger partial charge on any atom is 0.250 e. The van der Waals surface area contributed by atoms with Crippen molar-refractivity contribution in [2.75, 3.05) is 13.6 Å². The van der Waals surface area contributed by atoms with Gasteiger partial charge < -0.3 is 4.98 Å². The molecule has 0 bridgehead atoms. The third-order valence-corrected chi connectivity index (χ3v) is 4.88. The zero-order valence-electron chi connectivity index (χ0n) is 11.7. The van der Waals surface area contributed by atoms with Crippen molar-refractivity contribution in [3.63, 3.8) is 0 Å². The van der Waals surface area contributed by atoms with Crippen LogP contribution in [0.15, 0.2) is 47.4 Å². The first kappa shape index (κ1) is 15.4. The number of nitrogens with one attached hydrogen (secondary N) is 1. The first-order valence-corrected chi connectivity index (χ1v) is 8.10. The van der Waals surface area contributed by atoms with Gasteiger partial charge in [-0.25, -0.2) is 17.7 Å². The van der Waals surface area contributed by atoms with Gasteiger partial charge in [0.05, 0.1) is 5.75 Å². The number of aromatic nitrogens is 2. The Morgan fingerprint density at radius 2 is 1.90 bits per heavy atom. The van der Waals surface area contributed by atoms with Crippen LogP contribution in [0.2, 0.25) is 0 Å². The molecule has 1 heterocycles. The van der Waals surface area contributed by atoms with E-state index in [4.69, 9.17) is 0 Å². The SMILES string of the molecule is CN(CCc1nccc(=O)[nH]1)S(=O)(=O)Cc1ccccc1. The number of hydrogen-bond donors (Lipinski definition) is 1. The van der Waals surface area contributed by atoms with Gasteiger partial charge in [-0.2, -0.15) is 0 Å². The average Bonchev–Trinajstić information content (AvgIpc) is 2.45. The zero-order valence-corrected chi connectivity index (χ0v) is 12.5. The predicted octanol–water partition coefficient (Wildman–Crippen LogP) is 0.774. The molecular weight excluding hydrogens is 290 g/mol. The highest BCUT2D eigenvalue weighted by atomic mass is 32.2. The van der Waals surface area contributed by atoms with Gasteiger partial charge in [-0.1, -0.05) is 30.3 Å². The normalized spacial score (nSPS) is 11.7. The number of nitrogens with zero attached hydrogens (tertiary/aromatic N) is 2. The van der Waals surface area contributed by atoms with E-state index in [1.807, 2.05) is 18.2 Å². The van der Waals surface area contributed by atoms with Gasteiger partial charge in [-0.3, -0.25) is 4.79 Å². The Hall–Kier alpha value is -1.99. The molecule has 0 saturated heterocycles. The summed E-state index contributed by atoms with van der Waals surface area (Å²) in [4.78, 5) is 17.7. The molecule has 112 valence electrons. The van der Waals surface area contributed by atoms with Crippen molar-refractivity contribution < 1.29 is 8.42 Å². The highest BCUT2D eigenvalue weighted by Crippen LogP contribution is 2.09. The van der Waals surface area contributed by atoms with Crippen LogP contribution in [0.25, 0.3) is 0 Å². The van der Waals surface area contributed by atoms with Crippen LogP contribution < -0.4 is 5.56 Å². The molecule has 21 heavy (non-hydrogen) atoms. The molecule has 0 aliphatic carbocycles. The summed E-state index contributed by atoms with van der Waals surface area (Å²) in [7, 11) is -1.85. The summed E-state index contributed by atoms with van der Waals surface area (Å²) in [5.74, 6) is 0.438. The molecule has 0 spiro atoms. The largest absolute Gasteiger partial charge is 0.311 e. The highest BCUT2D eigenvalue weighted by Gasteiger charge is 2.18. The number of rotatable bonds is 6. The van der Waals surface area contributed by atoms with Gasteiger partial charge in [0.1, 0.15) is 5.82 Å². The van der Waals surface area contributed by atoms with E-state index in [1.165, 1.54) is 23.6 Å². The molecule has 1 aromatic carbocycles. The van der Waals surface area contributed by atoms with Crippen LogP contribution in [-0.2, 0) is 22.2 Å². The Morgan fingerprint density at radius 1 is 1.19 bits per heavy atom. The van der Waals surface area contributed by atoms with E-state index in [2.05, 4.69) is 9.97 Å². The van der Waals surface area contributed by atoms with E-state index in [1.54, 1.807) is 12.1 Å². The fourth-order valence-electron chi connectivity index (χ4n) is 1.84. The van der Waals surface area contributed by atoms with E-state index < -0.39 is 10.0 Å². The fourth-order valence-corrected chi connectivity index (χ4v) is 3.04. The van der Waals surface area contributed by atoms with Crippen LogP contribution in [0.5, 0.6) is 0 Å². The second-order valence-electron chi connectivity index (χ2n) is 4.69. The summed E-state index contributed by atoms with van der Waals surface area (Å²) in [6, 6.07) is 10.3. The summed E-state index contributed by atoms with van der Waals surface area (Å²) < 4.78 is 25.7. The molecule has 0 fully saturated rings. The number of hydrogen-bond acceptors (Lipinski definition) is 4. The number of H-pyrrole nitrogens is 1. The first-order chi connectivity index (χ1) is 9.97. The van der Waals surface area contributed by atoms with Crippen LogP contribution in [0.4, 0.5) is 0 Å². The fraction of sp³-hybridized carbons (Fsp3) is 0.286. The molecule has 2 aromatic rings. The molecular formula is C14H17N3O3S. The topological polar surface area (TPSA) is 83.1 Å². The van der Waals surface area contributed by atoms with Crippen molar-refractivity contribution >= 4 is 10.0 Å². The zero-order chi connectivity index (χ0) is 15.3. The van der Waals surface area contributed by atoms with Crippen molar-refractivity contribution in [2.24, 2.45) is 0 Å². The van der Waals surface area contributed by atoms with Crippen LogP contribution in [0.3, 0.4) is 0 Å². The van der Waals surface area contributed by atoms with Gasteiger partial charge >= 0.3 is 0 Å². The molecule has 0 aliphatic rings. The number of aromatic amines is 1. The van der Waals surface area contributed by atoms with Crippen LogP contribution in [0.1, 0.15) is 11.4 Å². The summed E-state index contributed by atoms with van der Waals surface area (Å²) in [5.41, 5.74) is 0.505. The second-order valence-corrected chi connectivity index (χ2v) is 6.77. The molecule has 0 atom stereocenters. The Bertz CT molecular complexity index is 741. The Labute approximate surface area is 123 Å². The minimum atomic E-state index is -3.38. The van der Waals surface area contributed by atoms with Gasteiger partial charge in [0.15, 0.2) is 0 Å². The molecule has 0 amide bonds. The van der Waals surface area contributed by atoms with Gasteiger partial charge in [-0.15, -0.1) is 0 Å². The van der Waals surface area contributed by atoms with E-state index in [0.29, 0.717) is 12.2 Å². The molecule has 1 aromatic heterocycles. The van der Waals surface area contributed by atoms with Crippen molar-refractivity contribution in [3.05, 3.63) is 64.3 Å². The molecule has 0 saturated carbocycles. The molecule has 7 heteroatoms. The third-order valence-electron chi connectivity index (χ3n) is 3.05. The number of sulfonamides is 1. The molecule has 0 aliphatic heterocycles. The van der Waals surface area contributed by atoms with E-state index in [-0.39, 0.29) is 17.9 Å². The maximum absolute atomic E-state index is 12.2. The number of benzene rings is 1. The quantitative estimate of drug-likeness (QED) is 0.854. The average molecular weight is 307 g/mol. The molecule has 2 rings (SSSR count). The minimum Gasteiger partial charge on any atom is -0.311 e. The lowest BCUT2D eigenvalue weighted by atomic mass is 10.2. The van der Waals surface area contributed by atoms with Gasteiger partial charge in [0.2, 0.25) is 10.0 Å². The lowest BCUT2D eigenvalue weighted by Gasteiger charge is -2.16. The van der Waals surface area contributed by atoms with E-state index >= 15 is 0 Å². The molecule has 0 unspecified atom stereocenters. The van der Waals surface area contributed by atoms with E-state index in [0.717, 1.165) is 5.56 Å². The minimum absolute atomic E-state index is 0.0386. The number of likely N-dealkylation sites (N-methyl/N-ethyl adjacent to an activating group) is 1. The smallest absolute Gasteiger partial charge is 0.250 e. The maximum atomic E-state index is 12.2. The second kappa shape index (κ2) is 6.64. The standard InChI is InChI=1S/C14H17N3O3S/c1-17(10-8-13-15-9-7-14(18)16-13)21(19,20)11-12-5-3-2-4-6-12/h2-7,9H,8,10-11H2,1H3,(H,15,16,18). The summed E-state index contributed by atoms with van der Waals surface area (Å²) in [6.07, 6.45) is 1.77. The van der Waals surface area contributed by atoms with Crippen molar-refractivity contribution in [1.82, 2.24) is 14.3 Å². The molecule has 6 nitrogen and oxygen atoms in total. The Balaban J connectivity index is 1.99.